The molecule has 9 heteroatoms. The highest BCUT2D eigenvalue weighted by atomic mass is 127. The zero-order chi connectivity index (χ0) is 28.0. The molecule has 200 valence electrons. The van der Waals surface area contributed by atoms with Crippen molar-refractivity contribution in [3.63, 3.8) is 0 Å². The van der Waals surface area contributed by atoms with Crippen molar-refractivity contribution in [2.24, 2.45) is 4.99 Å². The molecular weight excluding hydrogens is 645 g/mol. The van der Waals surface area contributed by atoms with Gasteiger partial charge in [-0.25, -0.2) is 9.79 Å². The number of fused-ring (bicyclic) bond motifs is 1. The summed E-state index contributed by atoms with van der Waals surface area (Å²) in [6.07, 6.45) is 1.91. The SMILES string of the molecule is CCOC(=O)C1=C(C)N=c2s/c(=C\c3cc(C)n(-c4ccc(C)c(I)c4)c3C)c(=O)n2[C@@H]1c1ccccc1Cl. The van der Waals surface area contributed by atoms with Crippen molar-refractivity contribution in [2.75, 3.05) is 6.61 Å². The number of thiazole rings is 1. The highest BCUT2D eigenvalue weighted by molar-refractivity contribution is 14.1. The fourth-order valence-corrected chi connectivity index (χ4v) is 6.75. The molecule has 0 fully saturated rings. The molecule has 4 aromatic rings. The van der Waals surface area contributed by atoms with E-state index in [0.29, 0.717) is 31.2 Å². The Kier molecular flexibility index (Phi) is 7.72. The summed E-state index contributed by atoms with van der Waals surface area (Å²) in [4.78, 5) is 32.2. The molecule has 39 heavy (non-hydrogen) atoms. The fraction of sp³-hybridized carbons (Fsp3) is 0.233. The Labute approximate surface area is 249 Å². The maximum atomic E-state index is 14.0. The number of halogens is 2. The lowest BCUT2D eigenvalue weighted by atomic mass is 9.96. The Balaban J connectivity index is 1.70. The van der Waals surface area contributed by atoms with Crippen molar-refractivity contribution in [1.82, 2.24) is 9.13 Å². The van der Waals surface area contributed by atoms with Crippen LogP contribution in [0.5, 0.6) is 0 Å². The molecule has 5 rings (SSSR count). The quantitative estimate of drug-likeness (QED) is 0.200. The molecule has 1 aliphatic heterocycles. The van der Waals surface area contributed by atoms with Crippen LogP contribution in [0, 0.1) is 24.3 Å². The summed E-state index contributed by atoms with van der Waals surface area (Å²) in [5.41, 5.74) is 6.61. The molecule has 0 saturated carbocycles. The van der Waals surface area contributed by atoms with Gasteiger partial charge >= 0.3 is 5.97 Å². The van der Waals surface area contributed by atoms with Crippen LogP contribution in [-0.4, -0.2) is 21.7 Å². The fourth-order valence-electron chi connectivity index (χ4n) is 4.98. The second-order valence-corrected chi connectivity index (χ2v) is 12.0. The molecule has 0 bridgehead atoms. The molecule has 0 unspecified atom stereocenters. The maximum absolute atomic E-state index is 14.0. The molecule has 2 aromatic carbocycles. The van der Waals surface area contributed by atoms with Gasteiger partial charge in [0, 0.05) is 25.7 Å². The number of hydrogen-bond donors (Lipinski definition) is 0. The number of carbonyl (C=O) groups is 1. The predicted molar refractivity (Wildman–Crippen MR) is 165 cm³/mol. The van der Waals surface area contributed by atoms with Crippen molar-refractivity contribution < 1.29 is 9.53 Å². The van der Waals surface area contributed by atoms with Gasteiger partial charge in [0.2, 0.25) is 0 Å². The predicted octanol–water partition coefficient (Wildman–Crippen LogP) is 5.77. The molecule has 1 aliphatic rings. The number of aromatic nitrogens is 2. The number of aryl methyl sites for hydroxylation is 2. The van der Waals surface area contributed by atoms with E-state index in [4.69, 9.17) is 16.3 Å². The summed E-state index contributed by atoms with van der Waals surface area (Å²) in [6.45, 7) is 9.94. The Morgan fingerprint density at radius 1 is 1.15 bits per heavy atom. The van der Waals surface area contributed by atoms with E-state index in [9.17, 15) is 9.59 Å². The van der Waals surface area contributed by atoms with Crippen LogP contribution in [0.1, 0.15) is 48.0 Å². The molecule has 6 nitrogen and oxygen atoms in total. The molecule has 1 atom stereocenters. The molecule has 2 aromatic heterocycles. The van der Waals surface area contributed by atoms with Gasteiger partial charge < -0.3 is 9.30 Å². The van der Waals surface area contributed by atoms with Crippen molar-refractivity contribution in [1.29, 1.82) is 0 Å². The minimum absolute atomic E-state index is 0.213. The molecule has 0 radical (unpaired) electrons. The van der Waals surface area contributed by atoms with Crippen molar-refractivity contribution in [2.45, 2.75) is 40.7 Å². The Bertz CT molecular complexity index is 1850. The first-order valence-corrected chi connectivity index (χ1v) is 14.8. The van der Waals surface area contributed by atoms with Gasteiger partial charge in [0.25, 0.3) is 5.56 Å². The highest BCUT2D eigenvalue weighted by Crippen LogP contribution is 2.34. The monoisotopic (exact) mass is 671 g/mol. The van der Waals surface area contributed by atoms with Gasteiger partial charge in [-0.2, -0.15) is 0 Å². The minimum atomic E-state index is -0.738. The normalized spacial score (nSPS) is 15.4. The number of esters is 1. The molecule has 3 heterocycles. The standard InChI is InChI=1S/C30H27ClIN3O3S/c1-6-38-29(37)26-18(4)33-30-35(27(26)22-9-7-8-10-23(22)31)28(36)25(39-30)14-20-13-17(3)34(19(20)5)21-12-11-16(2)24(32)15-21/h7-15,27H,6H2,1-5H3/b25-14-/t27-/m1/s1. The van der Waals surface area contributed by atoms with Gasteiger partial charge in [-0.15, -0.1) is 0 Å². The first kappa shape index (κ1) is 27.6. The first-order chi connectivity index (χ1) is 18.6. The summed E-state index contributed by atoms with van der Waals surface area (Å²) >= 11 is 10.3. The third-order valence-corrected chi connectivity index (χ3v) is 9.38. The van der Waals surface area contributed by atoms with Crippen LogP contribution in [0.15, 0.2) is 69.6 Å². The van der Waals surface area contributed by atoms with E-state index in [2.05, 4.69) is 77.2 Å². The average molecular weight is 672 g/mol. The lowest BCUT2D eigenvalue weighted by molar-refractivity contribution is -0.139. The van der Waals surface area contributed by atoms with Gasteiger partial charge in [-0.3, -0.25) is 9.36 Å². The molecule has 0 aliphatic carbocycles. The average Bonchev–Trinajstić information content (AvgIpc) is 3.34. The first-order valence-electron chi connectivity index (χ1n) is 12.5. The van der Waals surface area contributed by atoms with Crippen LogP contribution < -0.4 is 14.9 Å². The molecule has 0 spiro atoms. The zero-order valence-electron chi connectivity index (χ0n) is 22.2. The van der Waals surface area contributed by atoms with E-state index in [1.165, 1.54) is 20.5 Å². The van der Waals surface area contributed by atoms with E-state index >= 15 is 0 Å². The largest absolute Gasteiger partial charge is 0.463 e. The smallest absolute Gasteiger partial charge is 0.338 e. The summed E-state index contributed by atoms with van der Waals surface area (Å²) in [5.74, 6) is -0.505. The van der Waals surface area contributed by atoms with Gasteiger partial charge in [0.15, 0.2) is 4.80 Å². The van der Waals surface area contributed by atoms with E-state index in [1.807, 2.05) is 24.3 Å². The van der Waals surface area contributed by atoms with Crippen LogP contribution in [0.25, 0.3) is 11.8 Å². The van der Waals surface area contributed by atoms with Crippen molar-refractivity contribution in [3.05, 3.63) is 116 Å². The zero-order valence-corrected chi connectivity index (χ0v) is 25.9. The van der Waals surface area contributed by atoms with Crippen molar-refractivity contribution >= 4 is 57.6 Å². The third-order valence-electron chi connectivity index (χ3n) is 6.89. The highest BCUT2D eigenvalue weighted by Gasteiger charge is 2.34. The summed E-state index contributed by atoms with van der Waals surface area (Å²) in [6, 6.07) is 15.0. The van der Waals surface area contributed by atoms with E-state index in [0.717, 1.165) is 22.6 Å². The second-order valence-electron chi connectivity index (χ2n) is 9.42. The molecule has 0 N–H and O–H groups in total. The van der Waals surface area contributed by atoms with E-state index in [1.54, 1.807) is 24.5 Å². The van der Waals surface area contributed by atoms with Gasteiger partial charge in [0.05, 0.1) is 22.4 Å². The van der Waals surface area contributed by atoms with Gasteiger partial charge in [-0.05, 0) is 104 Å². The summed E-state index contributed by atoms with van der Waals surface area (Å²) < 4.78 is 10.9. The van der Waals surface area contributed by atoms with Gasteiger partial charge in [0.1, 0.15) is 6.04 Å². The number of ether oxygens (including phenoxy) is 1. The molecular formula is C30H27ClIN3O3S. The number of carbonyl (C=O) groups excluding carboxylic acids is 1. The molecule has 0 saturated heterocycles. The van der Waals surface area contributed by atoms with Crippen LogP contribution in [-0.2, 0) is 9.53 Å². The van der Waals surface area contributed by atoms with Crippen molar-refractivity contribution in [3.8, 4) is 5.69 Å². The number of benzene rings is 2. The van der Waals surface area contributed by atoms with Crippen LogP contribution in [0.4, 0.5) is 0 Å². The second kappa shape index (κ2) is 10.9. The summed E-state index contributed by atoms with van der Waals surface area (Å²) in [5, 5.41) is 0.463. The number of nitrogens with zero attached hydrogens (tertiary/aromatic N) is 3. The Morgan fingerprint density at radius 2 is 1.90 bits per heavy atom. The third kappa shape index (κ3) is 4.94. The Hall–Kier alpha value is -2.95. The minimum Gasteiger partial charge on any atom is -0.463 e. The van der Waals surface area contributed by atoms with E-state index in [-0.39, 0.29) is 12.2 Å². The summed E-state index contributed by atoms with van der Waals surface area (Å²) in [7, 11) is 0. The number of rotatable bonds is 5. The number of hydrogen-bond acceptors (Lipinski definition) is 5. The maximum Gasteiger partial charge on any atom is 0.338 e. The van der Waals surface area contributed by atoms with Crippen LogP contribution in [0.3, 0.4) is 0 Å². The lowest BCUT2D eigenvalue weighted by Crippen LogP contribution is -2.40. The topological polar surface area (TPSA) is 65.6 Å². The Morgan fingerprint density at radius 3 is 2.59 bits per heavy atom. The van der Waals surface area contributed by atoms with Crippen LogP contribution >= 0.6 is 45.5 Å². The van der Waals surface area contributed by atoms with E-state index < -0.39 is 12.0 Å². The number of allylic oxidation sites excluding steroid dienone is 1. The lowest BCUT2D eigenvalue weighted by Gasteiger charge is -2.25. The molecule has 0 amide bonds. The van der Waals surface area contributed by atoms with Gasteiger partial charge in [-0.1, -0.05) is 47.2 Å². The van der Waals surface area contributed by atoms with Crippen LogP contribution in [0.2, 0.25) is 5.02 Å².